The molecular weight excluding hydrogens is 265 g/mol. The van der Waals surface area contributed by atoms with E-state index in [-0.39, 0.29) is 23.3 Å². The molecule has 104 valence electrons. The Bertz CT molecular complexity index is 469. The molecule has 2 N–H and O–H groups in total. The smallest absolute Gasteiger partial charge is 0.254 e. The highest BCUT2D eigenvalue weighted by molar-refractivity contribution is 7.99. The lowest BCUT2D eigenvalue weighted by molar-refractivity contribution is 0.0934. The molecule has 1 amide bonds. The molecule has 0 spiro atoms. The van der Waals surface area contributed by atoms with Gasteiger partial charge in [-0.2, -0.15) is 11.8 Å². The van der Waals surface area contributed by atoms with Crippen molar-refractivity contribution in [3.63, 3.8) is 0 Å². The molecule has 0 bridgehead atoms. The van der Waals surface area contributed by atoms with E-state index in [1.807, 2.05) is 6.26 Å². The van der Waals surface area contributed by atoms with Crippen molar-refractivity contribution in [3.8, 4) is 0 Å². The van der Waals surface area contributed by atoms with E-state index in [0.29, 0.717) is 5.25 Å². The van der Waals surface area contributed by atoms with Gasteiger partial charge in [0.2, 0.25) is 0 Å². The van der Waals surface area contributed by atoms with Crippen LogP contribution in [0.1, 0.15) is 29.6 Å². The largest absolute Gasteiger partial charge is 0.371 e. The number of anilines is 1. The Morgan fingerprint density at radius 1 is 1.53 bits per heavy atom. The van der Waals surface area contributed by atoms with Crippen molar-refractivity contribution in [3.05, 3.63) is 23.6 Å². The number of aromatic nitrogens is 1. The highest BCUT2D eigenvalue weighted by atomic mass is 32.2. The minimum atomic E-state index is -0.596. The van der Waals surface area contributed by atoms with E-state index < -0.39 is 5.82 Å². The molecule has 1 saturated carbocycles. The summed E-state index contributed by atoms with van der Waals surface area (Å²) >= 11 is 1.76. The van der Waals surface area contributed by atoms with E-state index in [2.05, 4.69) is 15.6 Å². The summed E-state index contributed by atoms with van der Waals surface area (Å²) in [5, 5.41) is 6.00. The number of nitrogens with one attached hydrogen (secondary N) is 2. The van der Waals surface area contributed by atoms with Gasteiger partial charge in [-0.15, -0.1) is 0 Å². The van der Waals surface area contributed by atoms with Gasteiger partial charge in [-0.25, -0.2) is 9.37 Å². The van der Waals surface area contributed by atoms with Gasteiger partial charge in [0.15, 0.2) is 11.6 Å². The second-order valence-electron chi connectivity index (χ2n) is 4.56. The van der Waals surface area contributed by atoms with Crippen LogP contribution in [0.4, 0.5) is 10.2 Å². The highest BCUT2D eigenvalue weighted by Gasteiger charge is 2.29. The number of nitrogens with zero attached hydrogens (tertiary/aromatic N) is 1. The van der Waals surface area contributed by atoms with Crippen LogP contribution in [0.15, 0.2) is 12.3 Å². The Hall–Kier alpha value is -1.30. The zero-order valence-corrected chi connectivity index (χ0v) is 11.9. The number of rotatable bonds is 4. The highest BCUT2D eigenvalue weighted by Crippen LogP contribution is 2.28. The second kappa shape index (κ2) is 6.23. The van der Waals surface area contributed by atoms with Gasteiger partial charge in [0, 0.05) is 24.5 Å². The molecule has 2 unspecified atom stereocenters. The van der Waals surface area contributed by atoms with Crippen LogP contribution in [0, 0.1) is 5.82 Å². The van der Waals surface area contributed by atoms with Crippen molar-refractivity contribution in [1.82, 2.24) is 10.3 Å². The third kappa shape index (κ3) is 3.00. The number of carbonyl (C=O) groups is 1. The Balaban J connectivity index is 2.12. The molecule has 1 heterocycles. The monoisotopic (exact) mass is 283 g/mol. The van der Waals surface area contributed by atoms with Crippen LogP contribution in [0.5, 0.6) is 0 Å². The number of pyridine rings is 1. The molecule has 0 saturated heterocycles. The number of amides is 1. The minimum Gasteiger partial charge on any atom is -0.371 e. The SMILES string of the molecule is CNc1nccc(C(=O)NC2CCCC2SC)c1F. The first-order valence-electron chi connectivity index (χ1n) is 6.33. The Morgan fingerprint density at radius 2 is 2.32 bits per heavy atom. The van der Waals surface area contributed by atoms with E-state index in [1.54, 1.807) is 18.8 Å². The van der Waals surface area contributed by atoms with E-state index in [9.17, 15) is 9.18 Å². The van der Waals surface area contributed by atoms with Gasteiger partial charge in [0.1, 0.15) is 0 Å². The maximum absolute atomic E-state index is 14.0. The molecule has 1 fully saturated rings. The minimum absolute atomic E-state index is 0.0473. The number of hydrogen-bond donors (Lipinski definition) is 2. The van der Waals surface area contributed by atoms with E-state index in [0.717, 1.165) is 19.3 Å². The standard InChI is InChI=1S/C13H18FN3OS/c1-15-12-11(14)8(6-7-16-12)13(18)17-9-4-3-5-10(9)19-2/h6-7,9-10H,3-5H2,1-2H3,(H,15,16)(H,17,18). The van der Waals surface area contributed by atoms with Crippen LogP contribution >= 0.6 is 11.8 Å². The summed E-state index contributed by atoms with van der Waals surface area (Å²) < 4.78 is 14.0. The van der Waals surface area contributed by atoms with Crippen LogP contribution in [-0.4, -0.2) is 35.5 Å². The summed E-state index contributed by atoms with van der Waals surface area (Å²) in [5.74, 6) is -0.857. The van der Waals surface area contributed by atoms with E-state index >= 15 is 0 Å². The normalized spacial score (nSPS) is 22.3. The van der Waals surface area contributed by atoms with Gasteiger partial charge in [-0.1, -0.05) is 6.42 Å². The predicted octanol–water partition coefficient (Wildman–Crippen LogP) is 2.28. The van der Waals surface area contributed by atoms with Crippen LogP contribution in [0.2, 0.25) is 0 Å². The van der Waals surface area contributed by atoms with Gasteiger partial charge in [-0.3, -0.25) is 4.79 Å². The maximum Gasteiger partial charge on any atom is 0.254 e. The molecular formula is C13H18FN3OS. The number of hydrogen-bond acceptors (Lipinski definition) is 4. The lowest BCUT2D eigenvalue weighted by Crippen LogP contribution is -2.39. The molecule has 19 heavy (non-hydrogen) atoms. The van der Waals surface area contributed by atoms with Gasteiger partial charge in [0.25, 0.3) is 5.91 Å². The molecule has 1 aliphatic carbocycles. The molecule has 2 rings (SSSR count). The third-order valence-electron chi connectivity index (χ3n) is 3.44. The third-order valence-corrected chi connectivity index (χ3v) is 4.61. The first-order valence-corrected chi connectivity index (χ1v) is 7.62. The maximum atomic E-state index is 14.0. The van der Waals surface area contributed by atoms with Gasteiger partial charge in [0.05, 0.1) is 5.56 Å². The van der Waals surface area contributed by atoms with Gasteiger partial charge < -0.3 is 10.6 Å². The van der Waals surface area contributed by atoms with Crippen molar-refractivity contribution in [2.75, 3.05) is 18.6 Å². The molecule has 0 aromatic carbocycles. The zero-order chi connectivity index (χ0) is 13.8. The summed E-state index contributed by atoms with van der Waals surface area (Å²) in [4.78, 5) is 16.0. The average Bonchev–Trinajstić information content (AvgIpc) is 2.86. The van der Waals surface area contributed by atoms with Crippen LogP contribution in [0.3, 0.4) is 0 Å². The van der Waals surface area contributed by atoms with Crippen molar-refractivity contribution >= 4 is 23.5 Å². The summed E-state index contributed by atoms with van der Waals surface area (Å²) in [7, 11) is 1.58. The molecule has 6 heteroatoms. The van der Waals surface area contributed by atoms with Crippen molar-refractivity contribution in [2.24, 2.45) is 0 Å². The van der Waals surface area contributed by atoms with E-state index in [4.69, 9.17) is 0 Å². The van der Waals surface area contributed by atoms with Crippen LogP contribution in [-0.2, 0) is 0 Å². The summed E-state index contributed by atoms with van der Waals surface area (Å²) in [6.45, 7) is 0. The second-order valence-corrected chi connectivity index (χ2v) is 5.63. The molecule has 4 nitrogen and oxygen atoms in total. The lowest BCUT2D eigenvalue weighted by Gasteiger charge is -2.19. The fourth-order valence-corrected chi connectivity index (χ4v) is 3.35. The van der Waals surface area contributed by atoms with Crippen molar-refractivity contribution < 1.29 is 9.18 Å². The van der Waals surface area contributed by atoms with E-state index in [1.165, 1.54) is 12.3 Å². The lowest BCUT2D eigenvalue weighted by atomic mass is 10.2. The number of carbonyl (C=O) groups excluding carboxylic acids is 1. The fraction of sp³-hybridized carbons (Fsp3) is 0.538. The summed E-state index contributed by atoms with van der Waals surface area (Å²) in [6.07, 6.45) is 6.65. The number of thioether (sulfide) groups is 1. The Kier molecular flexibility index (Phi) is 4.63. The van der Waals surface area contributed by atoms with Crippen LogP contribution < -0.4 is 10.6 Å². The molecule has 1 aromatic rings. The van der Waals surface area contributed by atoms with Gasteiger partial charge in [-0.05, 0) is 25.2 Å². The summed E-state index contributed by atoms with van der Waals surface area (Å²) in [6, 6.07) is 1.54. The predicted molar refractivity (Wildman–Crippen MR) is 76.1 cm³/mol. The number of halogens is 1. The topological polar surface area (TPSA) is 54.0 Å². The molecule has 0 radical (unpaired) electrons. The van der Waals surface area contributed by atoms with Crippen molar-refractivity contribution in [2.45, 2.75) is 30.6 Å². The zero-order valence-electron chi connectivity index (χ0n) is 11.1. The van der Waals surface area contributed by atoms with Crippen LogP contribution in [0.25, 0.3) is 0 Å². The summed E-state index contributed by atoms with van der Waals surface area (Å²) in [5.41, 5.74) is 0.0473. The van der Waals surface area contributed by atoms with Gasteiger partial charge >= 0.3 is 0 Å². The Labute approximate surface area is 116 Å². The average molecular weight is 283 g/mol. The molecule has 0 aliphatic heterocycles. The first-order chi connectivity index (χ1) is 9.17. The first kappa shape index (κ1) is 14.1. The molecule has 2 atom stereocenters. The van der Waals surface area contributed by atoms with Crippen molar-refractivity contribution in [1.29, 1.82) is 0 Å². The quantitative estimate of drug-likeness (QED) is 0.890. The molecule has 1 aliphatic rings. The molecule has 1 aromatic heterocycles. The fourth-order valence-electron chi connectivity index (χ4n) is 2.41. The Morgan fingerprint density at radius 3 is 3.00 bits per heavy atom.